The monoisotopic (exact) mass is 245 g/mol. The first kappa shape index (κ1) is 12.5. The number of rotatable bonds is 0. The zero-order chi connectivity index (χ0) is 12.7. The van der Waals surface area contributed by atoms with Crippen LogP contribution < -0.4 is 5.73 Å². The molecule has 1 aromatic carbocycles. The summed E-state index contributed by atoms with van der Waals surface area (Å²) in [6.45, 7) is 0. The van der Waals surface area contributed by atoms with Crippen molar-refractivity contribution in [2.24, 2.45) is 0 Å². The van der Waals surface area contributed by atoms with Crippen LogP contribution in [0.5, 0.6) is 5.75 Å². The van der Waals surface area contributed by atoms with Gasteiger partial charge in [-0.25, -0.2) is 0 Å². The van der Waals surface area contributed by atoms with Crippen LogP contribution in [0.3, 0.4) is 0 Å². The third-order valence-corrected chi connectivity index (χ3v) is 1.80. The van der Waals surface area contributed by atoms with Crippen molar-refractivity contribution >= 4 is 5.69 Å². The number of aromatic hydroxyl groups is 1. The van der Waals surface area contributed by atoms with E-state index in [1.54, 1.807) is 0 Å². The molecule has 8 heteroatoms. The van der Waals surface area contributed by atoms with Crippen molar-refractivity contribution in [3.8, 4) is 5.75 Å². The molecule has 0 amide bonds. The zero-order valence-corrected chi connectivity index (χ0v) is 7.45. The molecule has 0 bridgehead atoms. The van der Waals surface area contributed by atoms with Gasteiger partial charge in [0.1, 0.15) is 5.56 Å². The molecule has 0 atom stereocenters. The third-order valence-electron chi connectivity index (χ3n) is 1.80. The van der Waals surface area contributed by atoms with Crippen LogP contribution in [-0.4, -0.2) is 5.11 Å². The molecule has 0 spiro atoms. The summed E-state index contributed by atoms with van der Waals surface area (Å²) in [4.78, 5) is 0. The molecular weight excluding hydrogens is 240 g/mol. The summed E-state index contributed by atoms with van der Waals surface area (Å²) < 4.78 is 73.6. The summed E-state index contributed by atoms with van der Waals surface area (Å²) in [7, 11) is 0. The van der Waals surface area contributed by atoms with Gasteiger partial charge in [-0.15, -0.1) is 0 Å². The number of phenols is 1. The van der Waals surface area contributed by atoms with E-state index in [4.69, 9.17) is 10.8 Å². The highest BCUT2D eigenvalue weighted by atomic mass is 19.4. The van der Waals surface area contributed by atoms with Crippen LogP contribution in [0.15, 0.2) is 12.1 Å². The van der Waals surface area contributed by atoms with E-state index < -0.39 is 34.9 Å². The summed E-state index contributed by atoms with van der Waals surface area (Å²) in [5, 5.41) is 8.93. The first-order valence-electron chi connectivity index (χ1n) is 3.81. The van der Waals surface area contributed by atoms with E-state index >= 15 is 0 Å². The Labute approximate surface area is 85.3 Å². The Balaban J connectivity index is 3.59. The molecule has 0 aliphatic carbocycles. The number of phenolic OH excluding ortho intramolecular Hbond substituents is 1. The first-order chi connectivity index (χ1) is 7.05. The fraction of sp³-hybridized carbons (Fsp3) is 0.250. The van der Waals surface area contributed by atoms with Gasteiger partial charge in [0.15, 0.2) is 5.75 Å². The van der Waals surface area contributed by atoms with Crippen LogP contribution in [0.4, 0.5) is 32.0 Å². The Bertz CT molecular complexity index is 408. The molecule has 3 N–H and O–H groups in total. The van der Waals surface area contributed by atoms with Crippen LogP contribution in [0.1, 0.15) is 11.1 Å². The van der Waals surface area contributed by atoms with Crippen LogP contribution >= 0.6 is 0 Å². The fourth-order valence-electron chi connectivity index (χ4n) is 1.13. The topological polar surface area (TPSA) is 46.2 Å². The molecule has 0 unspecified atom stereocenters. The maximum absolute atomic E-state index is 12.3. The lowest BCUT2D eigenvalue weighted by molar-refractivity contribution is -0.162. The van der Waals surface area contributed by atoms with Gasteiger partial charge in [0.05, 0.1) is 11.3 Å². The molecule has 0 fully saturated rings. The Morgan fingerprint density at radius 1 is 0.938 bits per heavy atom. The SMILES string of the molecule is Nc1ccc(C(F)(F)F)c(C(F)(F)F)c1O. The van der Waals surface area contributed by atoms with E-state index in [0.717, 1.165) is 0 Å². The Morgan fingerprint density at radius 2 is 1.44 bits per heavy atom. The minimum absolute atomic E-state index is 0.178. The molecule has 16 heavy (non-hydrogen) atoms. The van der Waals surface area contributed by atoms with Crippen molar-refractivity contribution in [3.05, 3.63) is 23.3 Å². The molecule has 2 nitrogen and oxygen atoms in total. The van der Waals surface area contributed by atoms with E-state index in [1.165, 1.54) is 0 Å². The number of anilines is 1. The smallest absolute Gasteiger partial charge is 0.420 e. The fourth-order valence-corrected chi connectivity index (χ4v) is 1.13. The van der Waals surface area contributed by atoms with E-state index in [1.807, 2.05) is 0 Å². The van der Waals surface area contributed by atoms with Gasteiger partial charge in [-0.2, -0.15) is 26.3 Å². The van der Waals surface area contributed by atoms with Crippen LogP contribution in [0, 0.1) is 0 Å². The van der Waals surface area contributed by atoms with Gasteiger partial charge in [-0.1, -0.05) is 0 Å². The van der Waals surface area contributed by atoms with Crippen molar-refractivity contribution in [2.75, 3.05) is 5.73 Å². The molecule has 0 saturated carbocycles. The molecule has 0 aliphatic heterocycles. The molecule has 90 valence electrons. The lowest BCUT2D eigenvalue weighted by Gasteiger charge is -2.17. The standard InChI is InChI=1S/C8H5F6NO/c9-7(10,11)3-1-2-4(15)6(16)5(3)8(12,13)14/h1-2,16H,15H2. The minimum atomic E-state index is -5.33. The highest BCUT2D eigenvalue weighted by Crippen LogP contribution is 2.46. The van der Waals surface area contributed by atoms with Gasteiger partial charge < -0.3 is 10.8 Å². The summed E-state index contributed by atoms with van der Waals surface area (Å²) >= 11 is 0. The maximum atomic E-state index is 12.3. The minimum Gasteiger partial charge on any atom is -0.505 e. The van der Waals surface area contributed by atoms with E-state index in [9.17, 15) is 26.3 Å². The van der Waals surface area contributed by atoms with Gasteiger partial charge in [0.25, 0.3) is 0 Å². The van der Waals surface area contributed by atoms with Crippen molar-refractivity contribution < 1.29 is 31.4 Å². The summed E-state index contributed by atoms with van der Waals surface area (Å²) in [6, 6.07) is 0.741. The second-order valence-electron chi connectivity index (χ2n) is 2.92. The molecular formula is C8H5F6NO. The molecule has 0 aromatic heterocycles. The van der Waals surface area contributed by atoms with Crippen LogP contribution in [-0.2, 0) is 12.4 Å². The van der Waals surface area contributed by atoms with Crippen LogP contribution in [0.2, 0.25) is 0 Å². The zero-order valence-electron chi connectivity index (χ0n) is 7.45. The predicted octanol–water partition coefficient (Wildman–Crippen LogP) is 3.01. The number of benzene rings is 1. The number of hydrogen-bond donors (Lipinski definition) is 2. The van der Waals surface area contributed by atoms with Crippen molar-refractivity contribution in [3.63, 3.8) is 0 Å². The highest BCUT2D eigenvalue weighted by molar-refractivity contribution is 5.60. The predicted molar refractivity (Wildman–Crippen MR) is 42.5 cm³/mol. The van der Waals surface area contributed by atoms with Gasteiger partial charge in [0, 0.05) is 0 Å². The van der Waals surface area contributed by atoms with E-state index in [-0.39, 0.29) is 6.07 Å². The van der Waals surface area contributed by atoms with Gasteiger partial charge in [-0.3, -0.25) is 0 Å². The van der Waals surface area contributed by atoms with Crippen molar-refractivity contribution in [2.45, 2.75) is 12.4 Å². The average molecular weight is 245 g/mol. The third kappa shape index (κ3) is 2.15. The number of nitrogen functional groups attached to an aromatic ring is 1. The molecule has 0 heterocycles. The summed E-state index contributed by atoms with van der Waals surface area (Å²) in [6.07, 6.45) is -10.5. The highest BCUT2D eigenvalue weighted by Gasteiger charge is 2.45. The Morgan fingerprint density at radius 3 is 1.81 bits per heavy atom. The van der Waals surface area contributed by atoms with Crippen LogP contribution in [0.25, 0.3) is 0 Å². The Hall–Kier alpha value is -1.60. The van der Waals surface area contributed by atoms with Crippen molar-refractivity contribution in [1.82, 2.24) is 0 Å². The second-order valence-corrected chi connectivity index (χ2v) is 2.92. The lowest BCUT2D eigenvalue weighted by Crippen LogP contribution is -2.17. The first-order valence-corrected chi connectivity index (χ1v) is 3.81. The molecule has 1 rings (SSSR count). The van der Waals surface area contributed by atoms with Crippen molar-refractivity contribution in [1.29, 1.82) is 0 Å². The van der Waals surface area contributed by atoms with E-state index in [0.29, 0.717) is 6.07 Å². The normalized spacial score (nSPS) is 12.9. The molecule has 0 aliphatic rings. The molecule has 0 saturated heterocycles. The maximum Gasteiger partial charge on any atom is 0.420 e. The average Bonchev–Trinajstić information content (AvgIpc) is 2.05. The molecule has 1 aromatic rings. The van der Waals surface area contributed by atoms with Gasteiger partial charge in [-0.05, 0) is 12.1 Å². The quantitative estimate of drug-likeness (QED) is 0.419. The number of nitrogens with two attached hydrogens (primary N) is 1. The number of halogens is 6. The summed E-state index contributed by atoms with van der Waals surface area (Å²) in [5.41, 5.74) is 0.0159. The largest absolute Gasteiger partial charge is 0.505 e. The summed E-state index contributed by atoms with van der Waals surface area (Å²) in [5.74, 6) is -1.61. The van der Waals surface area contributed by atoms with Gasteiger partial charge in [0.2, 0.25) is 0 Å². The number of alkyl halides is 6. The Kier molecular flexibility index (Phi) is 2.70. The van der Waals surface area contributed by atoms with Gasteiger partial charge >= 0.3 is 12.4 Å². The molecule has 0 radical (unpaired) electrons. The van der Waals surface area contributed by atoms with E-state index in [2.05, 4.69) is 0 Å². The second kappa shape index (κ2) is 3.46. The number of hydrogen-bond acceptors (Lipinski definition) is 2. The lowest BCUT2D eigenvalue weighted by atomic mass is 10.0.